The van der Waals surface area contributed by atoms with Crippen LogP contribution in [0.25, 0.3) is 0 Å². The number of hydrogen-bond acceptors (Lipinski definition) is 4. The van der Waals surface area contributed by atoms with Crippen LogP contribution in [0.1, 0.15) is 46.5 Å². The second-order valence-electron chi connectivity index (χ2n) is 6.02. The predicted octanol–water partition coefficient (Wildman–Crippen LogP) is 3.35. The molecule has 6 nitrogen and oxygen atoms in total. The third-order valence-corrected chi connectivity index (χ3v) is 4.24. The Hall–Kier alpha value is -0.490. The molecule has 3 atom stereocenters. The third kappa shape index (κ3) is 8.80. The molecule has 1 aliphatic rings. The van der Waals surface area contributed by atoms with Crippen LogP contribution < -0.4 is 0 Å². The van der Waals surface area contributed by atoms with E-state index in [9.17, 15) is 4.57 Å². The van der Waals surface area contributed by atoms with E-state index in [0.29, 0.717) is 6.61 Å². The van der Waals surface area contributed by atoms with Crippen LogP contribution in [0, 0.1) is 0 Å². The lowest BCUT2D eigenvalue weighted by Crippen LogP contribution is -2.34. The Morgan fingerprint density at radius 2 is 1.96 bits per heavy atom. The first kappa shape index (κ1) is 20.6. The molecule has 0 aromatic rings. The number of hydrogen-bond donors (Lipinski definition) is 2. The van der Waals surface area contributed by atoms with Gasteiger partial charge in [-0.2, -0.15) is 0 Å². The van der Waals surface area contributed by atoms with E-state index in [2.05, 4.69) is 23.6 Å². The van der Waals surface area contributed by atoms with Gasteiger partial charge < -0.3 is 19.3 Å². The Morgan fingerprint density at radius 3 is 2.52 bits per heavy atom. The summed E-state index contributed by atoms with van der Waals surface area (Å²) in [5.74, 6) is 0. The van der Waals surface area contributed by atoms with Gasteiger partial charge in [0.1, 0.15) is 0 Å². The first-order valence-electron chi connectivity index (χ1n) is 8.10. The number of allylic oxidation sites excluding steroid dienone is 2. The lowest BCUT2D eigenvalue weighted by Gasteiger charge is -2.33. The SMILES string of the molecule is CCCCC1(OCC(C)OCC(C)OP(=O)(O)O)C=CC=CC1. The van der Waals surface area contributed by atoms with Crippen LogP contribution in [0.15, 0.2) is 24.3 Å². The molecule has 0 aliphatic heterocycles. The van der Waals surface area contributed by atoms with Crippen molar-refractivity contribution in [2.75, 3.05) is 13.2 Å². The van der Waals surface area contributed by atoms with Crippen LogP contribution in [0.2, 0.25) is 0 Å². The maximum absolute atomic E-state index is 10.7. The summed E-state index contributed by atoms with van der Waals surface area (Å²) < 4.78 is 26.9. The van der Waals surface area contributed by atoms with Crippen molar-refractivity contribution in [2.24, 2.45) is 0 Å². The highest BCUT2D eigenvalue weighted by atomic mass is 31.2. The second-order valence-corrected chi connectivity index (χ2v) is 7.21. The second kappa shape index (κ2) is 9.72. The molecule has 7 heteroatoms. The molecule has 0 fully saturated rings. The first-order valence-corrected chi connectivity index (χ1v) is 9.63. The number of unbranched alkanes of at least 4 members (excludes halogenated alkanes) is 1. The lowest BCUT2D eigenvalue weighted by atomic mass is 9.89. The van der Waals surface area contributed by atoms with Gasteiger partial charge in [0.05, 0.1) is 31.0 Å². The minimum Gasteiger partial charge on any atom is -0.373 e. The summed E-state index contributed by atoms with van der Waals surface area (Å²) in [4.78, 5) is 17.5. The zero-order valence-corrected chi connectivity index (χ0v) is 15.1. The predicted molar refractivity (Wildman–Crippen MR) is 89.1 cm³/mol. The molecule has 2 N–H and O–H groups in total. The third-order valence-electron chi connectivity index (χ3n) is 3.60. The van der Waals surface area contributed by atoms with Crippen molar-refractivity contribution in [3.8, 4) is 0 Å². The molecule has 1 rings (SSSR count). The van der Waals surface area contributed by atoms with E-state index in [1.165, 1.54) is 0 Å². The number of rotatable bonds is 11. The number of phosphoric ester groups is 1. The molecule has 134 valence electrons. The zero-order valence-electron chi connectivity index (χ0n) is 14.2. The molecule has 0 bridgehead atoms. The van der Waals surface area contributed by atoms with Crippen LogP contribution in [-0.4, -0.2) is 40.8 Å². The molecule has 0 spiro atoms. The number of phosphoric acid groups is 1. The van der Waals surface area contributed by atoms with E-state index < -0.39 is 13.9 Å². The Kier molecular flexibility index (Phi) is 8.69. The molecule has 3 unspecified atom stereocenters. The van der Waals surface area contributed by atoms with Gasteiger partial charge in [-0.1, -0.05) is 44.1 Å². The summed E-state index contributed by atoms with van der Waals surface area (Å²) in [7, 11) is -4.47. The largest absolute Gasteiger partial charge is 0.469 e. The van der Waals surface area contributed by atoms with Crippen LogP contribution in [0.4, 0.5) is 0 Å². The highest BCUT2D eigenvalue weighted by molar-refractivity contribution is 7.46. The van der Waals surface area contributed by atoms with Gasteiger partial charge >= 0.3 is 7.82 Å². The molecule has 0 aromatic carbocycles. The molecule has 0 saturated heterocycles. The quantitative estimate of drug-likeness (QED) is 0.557. The molecule has 0 radical (unpaired) electrons. The minimum atomic E-state index is -4.47. The van der Waals surface area contributed by atoms with Crippen LogP contribution in [0.3, 0.4) is 0 Å². The van der Waals surface area contributed by atoms with Gasteiger partial charge in [-0.25, -0.2) is 4.57 Å². The minimum absolute atomic E-state index is 0.105. The van der Waals surface area contributed by atoms with E-state index in [0.717, 1.165) is 25.7 Å². The van der Waals surface area contributed by atoms with Gasteiger partial charge in [-0.15, -0.1) is 0 Å². The maximum atomic E-state index is 10.7. The summed E-state index contributed by atoms with van der Waals surface area (Å²) in [6.45, 7) is 6.12. The summed E-state index contributed by atoms with van der Waals surface area (Å²) in [5.41, 5.74) is -0.267. The highest BCUT2D eigenvalue weighted by Crippen LogP contribution is 2.37. The molecule has 23 heavy (non-hydrogen) atoms. The van der Waals surface area contributed by atoms with Crippen LogP contribution >= 0.6 is 7.82 Å². The highest BCUT2D eigenvalue weighted by Gasteiger charge is 2.28. The van der Waals surface area contributed by atoms with Crippen molar-refractivity contribution in [1.29, 1.82) is 0 Å². The summed E-state index contributed by atoms with van der Waals surface area (Å²) in [6.07, 6.45) is 11.4. The maximum Gasteiger partial charge on any atom is 0.469 e. The fourth-order valence-electron chi connectivity index (χ4n) is 2.38. The standard InChI is InChI=1S/C16H29O6P/c1-4-5-9-16(10-7-6-8-11-16)21-13-14(2)20-12-15(3)22-23(17,18)19/h6-8,10,14-15H,4-5,9,11-13H2,1-3H3,(H2,17,18,19). The smallest absolute Gasteiger partial charge is 0.373 e. The van der Waals surface area contributed by atoms with Crippen molar-refractivity contribution < 1.29 is 28.3 Å². The molecular weight excluding hydrogens is 319 g/mol. The summed E-state index contributed by atoms with van der Waals surface area (Å²) >= 11 is 0. The summed E-state index contributed by atoms with van der Waals surface area (Å²) in [5, 5.41) is 0. The van der Waals surface area contributed by atoms with E-state index in [1.54, 1.807) is 6.92 Å². The van der Waals surface area contributed by atoms with Crippen LogP contribution in [0.5, 0.6) is 0 Å². The van der Waals surface area contributed by atoms with Crippen LogP contribution in [-0.2, 0) is 18.6 Å². The van der Waals surface area contributed by atoms with Crippen molar-refractivity contribution in [3.05, 3.63) is 24.3 Å². The van der Waals surface area contributed by atoms with Crippen molar-refractivity contribution >= 4 is 7.82 Å². The monoisotopic (exact) mass is 348 g/mol. The first-order chi connectivity index (χ1) is 10.8. The van der Waals surface area contributed by atoms with Gasteiger partial charge in [0, 0.05) is 0 Å². The normalized spacial score (nSPS) is 23.9. The lowest BCUT2D eigenvalue weighted by molar-refractivity contribution is -0.0829. The Bertz CT molecular complexity index is 444. The molecule has 1 aliphatic carbocycles. The average molecular weight is 348 g/mol. The van der Waals surface area contributed by atoms with Gasteiger partial charge in [0.25, 0.3) is 0 Å². The van der Waals surface area contributed by atoms with Gasteiger partial charge in [-0.3, -0.25) is 4.52 Å². The Morgan fingerprint density at radius 1 is 1.22 bits per heavy atom. The van der Waals surface area contributed by atoms with E-state index in [-0.39, 0.29) is 18.3 Å². The molecule has 0 aromatic heterocycles. The molecule has 0 heterocycles. The van der Waals surface area contributed by atoms with Crippen molar-refractivity contribution in [1.82, 2.24) is 0 Å². The van der Waals surface area contributed by atoms with Gasteiger partial charge in [0.2, 0.25) is 0 Å². The zero-order chi connectivity index (χ0) is 17.3. The fraction of sp³-hybridized carbons (Fsp3) is 0.750. The fourth-order valence-corrected chi connectivity index (χ4v) is 2.91. The molecular formula is C16H29O6P. The molecule has 0 saturated carbocycles. The van der Waals surface area contributed by atoms with E-state index in [1.807, 2.05) is 19.1 Å². The van der Waals surface area contributed by atoms with Gasteiger partial charge in [-0.05, 0) is 26.7 Å². The Balaban J connectivity index is 2.38. The van der Waals surface area contributed by atoms with E-state index >= 15 is 0 Å². The van der Waals surface area contributed by atoms with E-state index in [4.69, 9.17) is 19.3 Å². The van der Waals surface area contributed by atoms with Crippen molar-refractivity contribution in [2.45, 2.75) is 64.3 Å². The molecule has 0 amide bonds. The average Bonchev–Trinajstić information content (AvgIpc) is 2.48. The topological polar surface area (TPSA) is 85.2 Å². The Labute approximate surface area is 138 Å². The number of ether oxygens (including phenoxy) is 2. The van der Waals surface area contributed by atoms with Crippen molar-refractivity contribution in [3.63, 3.8) is 0 Å². The summed E-state index contributed by atoms with van der Waals surface area (Å²) in [6, 6.07) is 0. The van der Waals surface area contributed by atoms with Gasteiger partial charge in [0.15, 0.2) is 0 Å².